The Morgan fingerprint density at radius 1 is 1.03 bits per heavy atom. The second-order valence-electron chi connectivity index (χ2n) is 7.40. The summed E-state index contributed by atoms with van der Waals surface area (Å²) in [5.41, 5.74) is 9.30. The lowest BCUT2D eigenvalue weighted by molar-refractivity contribution is -0.117. The summed E-state index contributed by atoms with van der Waals surface area (Å²) in [6.07, 6.45) is 1.63. The van der Waals surface area contributed by atoms with Gasteiger partial charge in [0, 0.05) is 17.7 Å². The van der Waals surface area contributed by atoms with Crippen LogP contribution in [-0.2, 0) is 17.9 Å². The quantitative estimate of drug-likeness (QED) is 0.293. The first-order chi connectivity index (χ1) is 15.9. The van der Waals surface area contributed by atoms with Gasteiger partial charge in [-0.15, -0.1) is 0 Å². The highest BCUT2D eigenvalue weighted by molar-refractivity contribution is 5.96. The molecular formula is C24H28N6O3. The van der Waals surface area contributed by atoms with E-state index in [4.69, 9.17) is 10.2 Å². The molecule has 33 heavy (non-hydrogen) atoms. The van der Waals surface area contributed by atoms with Gasteiger partial charge in [-0.05, 0) is 43.7 Å². The smallest absolute Gasteiger partial charge is 0.251 e. The Morgan fingerprint density at radius 3 is 2.42 bits per heavy atom. The van der Waals surface area contributed by atoms with Gasteiger partial charge in [0.15, 0.2) is 5.96 Å². The van der Waals surface area contributed by atoms with Crippen LogP contribution in [-0.4, -0.2) is 35.8 Å². The third-order valence-corrected chi connectivity index (χ3v) is 4.69. The van der Waals surface area contributed by atoms with Gasteiger partial charge >= 0.3 is 0 Å². The number of oxazole rings is 1. The summed E-state index contributed by atoms with van der Waals surface area (Å²) in [5.74, 6) is 0.278. The Morgan fingerprint density at radius 2 is 1.76 bits per heavy atom. The van der Waals surface area contributed by atoms with Gasteiger partial charge < -0.3 is 26.1 Å². The summed E-state index contributed by atoms with van der Waals surface area (Å²) in [7, 11) is 0. The molecule has 0 aliphatic heterocycles. The van der Waals surface area contributed by atoms with Gasteiger partial charge in [0.05, 0.1) is 25.3 Å². The first-order valence-electron chi connectivity index (χ1n) is 10.6. The van der Waals surface area contributed by atoms with Gasteiger partial charge in [-0.3, -0.25) is 9.59 Å². The van der Waals surface area contributed by atoms with E-state index in [0.717, 1.165) is 16.8 Å². The van der Waals surface area contributed by atoms with E-state index in [1.54, 1.807) is 18.4 Å². The van der Waals surface area contributed by atoms with Crippen molar-refractivity contribution in [1.82, 2.24) is 20.9 Å². The average Bonchev–Trinajstić information content (AvgIpc) is 3.29. The summed E-state index contributed by atoms with van der Waals surface area (Å²) in [6.45, 7) is 5.42. The number of nitrogens with two attached hydrogens (primary N) is 1. The van der Waals surface area contributed by atoms with Crippen molar-refractivity contribution < 1.29 is 14.0 Å². The number of aliphatic imine (C=N–C) groups is 1. The third-order valence-electron chi connectivity index (χ3n) is 4.69. The second-order valence-corrected chi connectivity index (χ2v) is 7.40. The van der Waals surface area contributed by atoms with Crippen molar-refractivity contribution in [2.45, 2.75) is 26.9 Å². The van der Waals surface area contributed by atoms with E-state index >= 15 is 0 Å². The highest BCUT2D eigenvalue weighted by Gasteiger charge is 2.08. The van der Waals surface area contributed by atoms with Crippen molar-refractivity contribution >= 4 is 17.8 Å². The Labute approximate surface area is 192 Å². The van der Waals surface area contributed by atoms with Gasteiger partial charge in [-0.1, -0.05) is 29.8 Å². The van der Waals surface area contributed by atoms with E-state index in [0.29, 0.717) is 37.0 Å². The lowest BCUT2D eigenvalue weighted by Gasteiger charge is -2.10. The third kappa shape index (κ3) is 7.20. The van der Waals surface area contributed by atoms with Crippen LogP contribution in [0.2, 0.25) is 0 Å². The fourth-order valence-corrected chi connectivity index (χ4v) is 2.93. The SMILES string of the molecule is CCNC(=NCc1ccc(C(=O)NCC(N)=O)cc1)NCc1coc(-c2ccc(C)cc2)n1. The highest BCUT2D eigenvalue weighted by atomic mass is 16.3. The standard InChI is InChI=1S/C24H28N6O3/c1-3-26-24(28-12-17-6-10-18(11-7-17)22(32)27-14-21(25)31)29-13-20-15-33-23(30-20)19-8-4-16(2)5-9-19/h4-11,15H,3,12-14H2,1-2H3,(H2,25,31)(H,27,32)(H2,26,28,29). The minimum atomic E-state index is -0.588. The molecule has 5 N–H and O–H groups in total. The van der Waals surface area contributed by atoms with Crippen molar-refractivity contribution in [2.24, 2.45) is 10.7 Å². The first kappa shape index (κ1) is 23.5. The summed E-state index contributed by atoms with van der Waals surface area (Å²) >= 11 is 0. The van der Waals surface area contributed by atoms with Crippen LogP contribution in [0.25, 0.3) is 11.5 Å². The molecule has 0 spiro atoms. The number of aromatic nitrogens is 1. The van der Waals surface area contributed by atoms with Gasteiger partial charge in [-0.2, -0.15) is 0 Å². The van der Waals surface area contributed by atoms with Gasteiger partial charge in [-0.25, -0.2) is 9.98 Å². The maximum absolute atomic E-state index is 12.0. The first-order valence-corrected chi connectivity index (χ1v) is 10.6. The number of aryl methyl sites for hydroxylation is 1. The Bertz CT molecular complexity index is 1100. The molecule has 0 aliphatic carbocycles. The van der Waals surface area contributed by atoms with Crippen LogP contribution in [0.15, 0.2) is 64.2 Å². The number of hydrogen-bond acceptors (Lipinski definition) is 5. The molecule has 0 atom stereocenters. The summed E-state index contributed by atoms with van der Waals surface area (Å²) in [4.78, 5) is 31.9. The molecule has 3 aromatic rings. The van der Waals surface area contributed by atoms with Crippen LogP contribution < -0.4 is 21.7 Å². The molecule has 1 aromatic heterocycles. The van der Waals surface area contributed by atoms with E-state index in [2.05, 4.69) is 25.9 Å². The lowest BCUT2D eigenvalue weighted by atomic mass is 10.1. The van der Waals surface area contributed by atoms with E-state index in [-0.39, 0.29) is 12.5 Å². The Kier molecular flexibility index (Phi) is 8.18. The largest absolute Gasteiger partial charge is 0.444 e. The molecule has 0 aliphatic rings. The van der Waals surface area contributed by atoms with Gasteiger partial charge in [0.25, 0.3) is 5.91 Å². The minimum absolute atomic E-state index is 0.194. The van der Waals surface area contributed by atoms with Gasteiger partial charge in [0.1, 0.15) is 6.26 Å². The van der Waals surface area contributed by atoms with E-state index in [1.165, 1.54) is 5.56 Å². The zero-order valence-corrected chi connectivity index (χ0v) is 18.7. The molecule has 0 saturated heterocycles. The fourth-order valence-electron chi connectivity index (χ4n) is 2.93. The summed E-state index contributed by atoms with van der Waals surface area (Å²) in [6, 6.07) is 15.0. The second kappa shape index (κ2) is 11.5. The summed E-state index contributed by atoms with van der Waals surface area (Å²) in [5, 5.41) is 8.90. The number of benzene rings is 2. The van der Waals surface area contributed by atoms with Crippen molar-refractivity contribution in [3.8, 4) is 11.5 Å². The van der Waals surface area contributed by atoms with Crippen LogP contribution >= 0.6 is 0 Å². The number of amides is 2. The number of hydrogen-bond donors (Lipinski definition) is 4. The highest BCUT2D eigenvalue weighted by Crippen LogP contribution is 2.19. The predicted octanol–water partition coefficient (Wildman–Crippen LogP) is 2.12. The van der Waals surface area contributed by atoms with Crippen LogP contribution in [0, 0.1) is 6.92 Å². The van der Waals surface area contributed by atoms with E-state index < -0.39 is 5.91 Å². The van der Waals surface area contributed by atoms with Crippen molar-refractivity contribution in [3.63, 3.8) is 0 Å². The maximum Gasteiger partial charge on any atom is 0.251 e. The monoisotopic (exact) mass is 448 g/mol. The number of nitrogens with one attached hydrogen (secondary N) is 3. The maximum atomic E-state index is 12.0. The van der Waals surface area contributed by atoms with Crippen LogP contribution in [0.1, 0.15) is 34.1 Å². The summed E-state index contributed by atoms with van der Waals surface area (Å²) < 4.78 is 5.60. The van der Waals surface area contributed by atoms with Crippen LogP contribution in [0.5, 0.6) is 0 Å². The molecule has 172 valence electrons. The molecule has 0 fully saturated rings. The molecule has 3 rings (SSSR count). The Balaban J connectivity index is 1.56. The average molecular weight is 449 g/mol. The topological polar surface area (TPSA) is 135 Å². The molecule has 0 saturated carbocycles. The van der Waals surface area contributed by atoms with E-state index in [9.17, 15) is 9.59 Å². The zero-order chi connectivity index (χ0) is 23.6. The lowest BCUT2D eigenvalue weighted by Crippen LogP contribution is -2.36. The van der Waals surface area contributed by atoms with Gasteiger partial charge in [0.2, 0.25) is 11.8 Å². The molecule has 1 heterocycles. The molecule has 0 bridgehead atoms. The molecule has 9 nitrogen and oxygen atoms in total. The molecule has 2 aromatic carbocycles. The normalized spacial score (nSPS) is 11.2. The number of rotatable bonds is 9. The predicted molar refractivity (Wildman–Crippen MR) is 126 cm³/mol. The number of primary amides is 1. The minimum Gasteiger partial charge on any atom is -0.444 e. The Hall–Kier alpha value is -4.14. The van der Waals surface area contributed by atoms with Crippen molar-refractivity contribution in [1.29, 1.82) is 0 Å². The molecule has 0 radical (unpaired) electrons. The van der Waals surface area contributed by atoms with Crippen molar-refractivity contribution in [2.75, 3.05) is 13.1 Å². The van der Waals surface area contributed by atoms with Crippen LogP contribution in [0.3, 0.4) is 0 Å². The van der Waals surface area contributed by atoms with Crippen LogP contribution in [0.4, 0.5) is 0 Å². The molecule has 0 unspecified atom stereocenters. The number of guanidine groups is 1. The molecule has 9 heteroatoms. The molecule has 2 amide bonds. The number of carbonyl (C=O) groups is 2. The van der Waals surface area contributed by atoms with Crippen molar-refractivity contribution in [3.05, 3.63) is 77.2 Å². The van der Waals surface area contributed by atoms with E-state index in [1.807, 2.05) is 50.2 Å². The number of nitrogens with zero attached hydrogens (tertiary/aromatic N) is 2. The molecular weight excluding hydrogens is 420 g/mol. The number of carbonyl (C=O) groups excluding carboxylic acids is 2. The zero-order valence-electron chi connectivity index (χ0n) is 18.7. The fraction of sp³-hybridized carbons (Fsp3) is 0.250.